The van der Waals surface area contributed by atoms with Gasteiger partial charge in [-0.2, -0.15) is 0 Å². The number of nitrogens with zero attached hydrogens (tertiary/aromatic N) is 2. The molecular weight excluding hydrogens is 1020 g/mol. The normalized spacial score (nSPS) is 16.1. The number of aliphatic hydroxyl groups is 1. The van der Waals surface area contributed by atoms with E-state index in [4.69, 9.17) is 45.9 Å². The van der Waals surface area contributed by atoms with E-state index in [1.165, 1.54) is 11.0 Å². The minimum absolute atomic E-state index is 0.0349. The maximum atomic E-state index is 14.4. The van der Waals surface area contributed by atoms with E-state index in [2.05, 4.69) is 47.2 Å². The fourth-order valence-corrected chi connectivity index (χ4v) is 8.53. The Kier molecular flexibility index (Phi) is 28.7. The maximum Gasteiger partial charge on any atom is 0.352 e. The number of fused-ring (bicyclic) bond motifs is 1. The monoisotopic (exact) mass is 1100 g/mol. The van der Waals surface area contributed by atoms with E-state index < -0.39 is 120 Å². The molecule has 78 heavy (non-hydrogen) atoms. The third-order valence-electron chi connectivity index (χ3n) is 12.8. The van der Waals surface area contributed by atoms with Crippen molar-refractivity contribution in [1.82, 2.24) is 47.1 Å². The highest BCUT2D eigenvalue weighted by molar-refractivity contribution is 5.99. The molecule has 0 spiro atoms. The summed E-state index contributed by atoms with van der Waals surface area (Å²) in [5.41, 5.74) is 46.0. The van der Waals surface area contributed by atoms with Crippen LogP contribution in [0, 0.1) is 0 Å². The van der Waals surface area contributed by atoms with Crippen LogP contribution >= 0.6 is 0 Å². The highest BCUT2D eigenvalue weighted by atomic mass is 16.4. The van der Waals surface area contributed by atoms with Crippen molar-refractivity contribution < 1.29 is 53.4 Å². The highest BCUT2D eigenvalue weighted by Gasteiger charge is 2.40. The van der Waals surface area contributed by atoms with E-state index in [0.717, 1.165) is 10.9 Å². The van der Waals surface area contributed by atoms with Gasteiger partial charge in [0.15, 0.2) is 5.96 Å². The van der Waals surface area contributed by atoms with Gasteiger partial charge in [0.2, 0.25) is 47.3 Å². The number of aliphatic carboxylic acids is 1. The molecule has 1 fully saturated rings. The van der Waals surface area contributed by atoms with Gasteiger partial charge in [0.25, 0.3) is 0 Å². The van der Waals surface area contributed by atoms with Gasteiger partial charge in [0.05, 0.1) is 18.7 Å². The summed E-state index contributed by atoms with van der Waals surface area (Å²) >= 11 is 0. The number of guanidine groups is 1. The van der Waals surface area contributed by atoms with Crippen LogP contribution in [0.3, 0.4) is 0 Å². The van der Waals surface area contributed by atoms with E-state index in [1.807, 2.05) is 18.2 Å². The summed E-state index contributed by atoms with van der Waals surface area (Å²) in [7, 11) is 0. The van der Waals surface area contributed by atoms with E-state index in [-0.39, 0.29) is 90.0 Å². The number of hydrogen-bond donors (Lipinski definition) is 18. The van der Waals surface area contributed by atoms with Crippen LogP contribution in [0.25, 0.3) is 10.9 Å². The number of aromatic amines is 1. The number of unbranched alkanes of at least 4 members (excludes halogenated alkanes) is 2. The first-order valence-corrected chi connectivity index (χ1v) is 26.2. The van der Waals surface area contributed by atoms with Gasteiger partial charge >= 0.3 is 5.97 Å². The van der Waals surface area contributed by atoms with Crippen LogP contribution in [0.15, 0.2) is 47.2 Å². The Morgan fingerprint density at radius 3 is 2.04 bits per heavy atom. The van der Waals surface area contributed by atoms with Gasteiger partial charge in [-0.25, -0.2) is 4.79 Å². The third kappa shape index (κ3) is 21.3. The second kappa shape index (κ2) is 34.5. The molecule has 26 N–H and O–H groups in total. The predicted octanol–water partition coefficient (Wildman–Crippen LogP) is -6.02. The average molecular weight is 1100 g/mol. The number of likely N-dealkylation sites (tertiary alicyclic amines) is 1. The lowest BCUT2D eigenvalue weighted by molar-refractivity contribution is -0.142. The fourth-order valence-electron chi connectivity index (χ4n) is 8.53. The zero-order valence-corrected chi connectivity index (χ0v) is 44.0. The number of carbonyl (C=O) groups excluding carboxylic acids is 8. The van der Waals surface area contributed by atoms with Crippen molar-refractivity contribution in [2.24, 2.45) is 50.9 Å². The number of carboxylic acid groups (broad SMARTS) is 1. The van der Waals surface area contributed by atoms with Gasteiger partial charge in [-0.15, -0.1) is 0 Å². The van der Waals surface area contributed by atoms with Crippen LogP contribution in [-0.2, 0) is 49.6 Å². The molecule has 0 bridgehead atoms. The molecule has 1 aliphatic heterocycles. The quantitative estimate of drug-likeness (QED) is 0.0131. The van der Waals surface area contributed by atoms with Crippen molar-refractivity contribution in [3.05, 3.63) is 47.8 Å². The Bertz CT molecular complexity index is 2380. The molecule has 0 unspecified atom stereocenters. The summed E-state index contributed by atoms with van der Waals surface area (Å²) in [5.74, 6) is -8.04. The summed E-state index contributed by atoms with van der Waals surface area (Å²) in [6.07, 6.45) is 4.30. The lowest BCUT2D eigenvalue weighted by Gasteiger charge is -2.30. The molecule has 434 valence electrons. The summed E-state index contributed by atoms with van der Waals surface area (Å²) in [6, 6.07) is -1.71. The number of amides is 8. The Morgan fingerprint density at radius 2 is 1.38 bits per heavy atom. The number of nitrogens with two attached hydrogens (primary N) is 8. The van der Waals surface area contributed by atoms with Crippen molar-refractivity contribution >= 4 is 70.1 Å². The van der Waals surface area contributed by atoms with Crippen molar-refractivity contribution in [1.29, 1.82) is 0 Å². The molecule has 8 amide bonds. The molecule has 1 aromatic carbocycles. The molecule has 3 rings (SSSR count). The lowest BCUT2D eigenvalue weighted by atomic mass is 10.0. The van der Waals surface area contributed by atoms with Crippen molar-refractivity contribution in [3.8, 4) is 0 Å². The number of aliphatic hydroxyl groups excluding tert-OH is 1. The first kappa shape index (κ1) is 65.0. The molecule has 1 aromatic heterocycles. The molecule has 2 heterocycles. The largest absolute Gasteiger partial charge is 0.477 e. The number of carboxylic acids is 1. The third-order valence-corrected chi connectivity index (χ3v) is 12.8. The molecule has 29 nitrogen and oxygen atoms in total. The molecule has 1 saturated heterocycles. The number of carbonyl (C=O) groups is 9. The Morgan fingerprint density at radius 1 is 0.731 bits per heavy atom. The van der Waals surface area contributed by atoms with Crippen LogP contribution in [0.1, 0.15) is 82.6 Å². The molecule has 8 atom stereocenters. The van der Waals surface area contributed by atoms with Crippen molar-refractivity contribution in [2.45, 2.75) is 132 Å². The first-order valence-electron chi connectivity index (χ1n) is 26.2. The molecule has 29 heteroatoms. The molecule has 0 radical (unpaired) electrons. The first-order chi connectivity index (χ1) is 37.3. The Labute approximate surface area is 452 Å². The lowest BCUT2D eigenvalue weighted by Crippen LogP contribution is -2.61. The molecule has 0 aliphatic carbocycles. The number of nitrogens with one attached hydrogen (secondary N) is 8. The van der Waals surface area contributed by atoms with Crippen LogP contribution in [0.5, 0.6) is 0 Å². The van der Waals surface area contributed by atoms with Crippen molar-refractivity contribution in [2.75, 3.05) is 52.4 Å². The summed E-state index contributed by atoms with van der Waals surface area (Å²) in [5, 5.41) is 38.9. The van der Waals surface area contributed by atoms with Gasteiger partial charge in [-0.3, -0.25) is 43.3 Å². The second-order valence-electron chi connectivity index (χ2n) is 18.8. The topological polar surface area (TPSA) is 518 Å². The number of hydrogen-bond acceptors (Lipinski definition) is 17. The van der Waals surface area contributed by atoms with E-state index in [0.29, 0.717) is 44.2 Å². The number of aliphatic imine (C=N–C) groups is 1. The summed E-state index contributed by atoms with van der Waals surface area (Å²) in [4.78, 5) is 130. The highest BCUT2D eigenvalue weighted by Crippen LogP contribution is 2.22. The van der Waals surface area contributed by atoms with Gasteiger partial charge in [-0.05, 0) is 108 Å². The molecular formula is C49H82N18O11. The number of aromatic nitrogens is 1. The van der Waals surface area contributed by atoms with E-state index in [9.17, 15) is 53.4 Å². The van der Waals surface area contributed by atoms with Crippen molar-refractivity contribution in [3.63, 3.8) is 0 Å². The molecule has 2 aromatic rings. The van der Waals surface area contributed by atoms with Crippen LogP contribution in [-0.4, -0.2) is 180 Å². The smallest absolute Gasteiger partial charge is 0.352 e. The minimum Gasteiger partial charge on any atom is -0.477 e. The second-order valence-corrected chi connectivity index (χ2v) is 18.8. The number of benzene rings is 1. The SMILES string of the molecule is NCCCC[C@H](NC(=O)[C@H](Cc1c[nH]c2ccccc12)NC(=O)[C@@H]1CCCN1C(=O)[C@@H](CCCN)NC(=O)CNC(=O)[C@H](CCN)NC(=O)[C@@H](NC(=O)[C@@H](N)CCCCN)[C@@H](O)CN)C(=O)N/C(=C\CCN=C(N)N)C(=O)O. The molecule has 0 saturated carbocycles. The number of para-hydroxylation sites is 1. The van der Waals surface area contributed by atoms with Gasteiger partial charge in [0.1, 0.15) is 41.9 Å². The van der Waals surface area contributed by atoms with E-state index in [1.54, 1.807) is 12.3 Å². The van der Waals surface area contributed by atoms with Gasteiger partial charge in [0, 0.05) is 43.2 Å². The Hall–Kier alpha value is -7.28. The summed E-state index contributed by atoms with van der Waals surface area (Å²) < 4.78 is 0. The summed E-state index contributed by atoms with van der Waals surface area (Å²) in [6.45, 7) is -0.297. The van der Waals surface area contributed by atoms with Gasteiger partial charge < -0.3 is 103 Å². The Balaban J connectivity index is 1.81. The van der Waals surface area contributed by atoms with E-state index >= 15 is 0 Å². The maximum absolute atomic E-state index is 14.4. The number of rotatable bonds is 36. The predicted molar refractivity (Wildman–Crippen MR) is 289 cm³/mol. The average Bonchev–Trinajstić information content (AvgIpc) is 4.10. The van der Waals surface area contributed by atoms with Gasteiger partial charge in [-0.1, -0.05) is 30.7 Å². The molecule has 1 aliphatic rings. The minimum atomic E-state index is -1.60. The number of H-pyrrole nitrogens is 1. The standard InChI is InChI=1S/C49H82N18O11/c50-18-5-3-11-30(55)41(70)66-40(38(68)25-54)46(75)63-33(17-21-53)42(71)60-27-39(69)61-34(14-7-20-52)47(76)67-23-9-16-37(67)45(74)65-36(24-28-26-59-31-12-2-1-10-29(28)31)44(73)62-32(13-4-6-19-51)43(72)64-35(48(77)78)15-8-22-58-49(56)57/h1-2,10,12,15,26,30,32-34,36-38,40,59,68H,3-9,11,13-14,16-25,27,50-55H2,(H,60,71)(H,61,69)(H,62,73)(H,63,75)(H,64,72)(H,65,74)(H,66,70)(H,77,78)(H4,56,57,58)/b35-15-/t30-,32-,33-,34+,36-,37-,38-,40-/m0/s1. The van der Waals surface area contributed by atoms with Crippen LogP contribution < -0.4 is 83.1 Å². The fraction of sp³-hybridized carbons (Fsp3) is 0.592. The van der Waals surface area contributed by atoms with Crippen LogP contribution in [0.4, 0.5) is 0 Å². The zero-order valence-electron chi connectivity index (χ0n) is 44.0. The zero-order chi connectivity index (χ0) is 57.7. The van der Waals surface area contributed by atoms with Crippen LogP contribution in [0.2, 0.25) is 0 Å².